The minimum absolute atomic E-state index is 0.1000. The van der Waals surface area contributed by atoms with Gasteiger partial charge in [0.1, 0.15) is 5.82 Å². The minimum atomic E-state index is -0.250. The first-order valence-electron chi connectivity index (χ1n) is 8.36. The Morgan fingerprint density at radius 3 is 2.46 bits per heavy atom. The lowest BCUT2D eigenvalue weighted by Gasteiger charge is -2.15. The predicted molar refractivity (Wildman–Crippen MR) is 96.4 cm³/mol. The van der Waals surface area contributed by atoms with Crippen molar-refractivity contribution < 1.29 is 4.52 Å². The molecule has 26 heavy (non-hydrogen) atoms. The van der Waals surface area contributed by atoms with Crippen molar-refractivity contribution in [2.75, 3.05) is 0 Å². The number of hydrogen-bond donors (Lipinski definition) is 0. The maximum absolute atomic E-state index is 7.25. The Balaban J connectivity index is 2.22. The van der Waals surface area contributed by atoms with Gasteiger partial charge in [0.05, 0.1) is 18.0 Å². The van der Waals surface area contributed by atoms with Crippen LogP contribution in [0.5, 0.6) is 0 Å². The lowest BCUT2D eigenvalue weighted by Crippen LogP contribution is -2.13. The van der Waals surface area contributed by atoms with Gasteiger partial charge < -0.3 is 9.09 Å². The standard InChI is InChI=1S/C17H22N8O/c1-9(2)14-22-25-16(24(14)8)12(13(21-25)17(4,5)6)19-20-15-11(18-7)10(3)23-26-15/h9H,1-6,8H3/b20-19+. The maximum Gasteiger partial charge on any atom is 0.277 e. The molecule has 3 rings (SSSR count). The summed E-state index contributed by atoms with van der Waals surface area (Å²) >= 11 is 0. The van der Waals surface area contributed by atoms with Gasteiger partial charge in [-0.25, -0.2) is 4.85 Å². The molecule has 0 bridgehead atoms. The van der Waals surface area contributed by atoms with Crippen molar-refractivity contribution in [1.82, 2.24) is 24.6 Å². The zero-order chi connectivity index (χ0) is 19.2. The summed E-state index contributed by atoms with van der Waals surface area (Å²) in [6.07, 6.45) is 0. The number of rotatable bonds is 3. The van der Waals surface area contributed by atoms with Crippen molar-refractivity contribution in [1.29, 1.82) is 0 Å². The van der Waals surface area contributed by atoms with Gasteiger partial charge in [-0.3, -0.25) is 0 Å². The highest BCUT2D eigenvalue weighted by Gasteiger charge is 2.28. The second-order valence-corrected chi connectivity index (χ2v) is 7.57. The molecular formula is C17H22N8O. The summed E-state index contributed by atoms with van der Waals surface area (Å²) in [5.74, 6) is 1.25. The van der Waals surface area contributed by atoms with E-state index in [1.54, 1.807) is 11.6 Å². The average Bonchev–Trinajstić information content (AvgIpc) is 3.18. The molecule has 3 aromatic heterocycles. The van der Waals surface area contributed by atoms with Crippen molar-refractivity contribution >= 4 is 22.9 Å². The number of fused-ring (bicyclic) bond motifs is 1. The van der Waals surface area contributed by atoms with Gasteiger partial charge in [-0.15, -0.1) is 20.0 Å². The summed E-state index contributed by atoms with van der Waals surface area (Å²) in [6.45, 7) is 19.3. The van der Waals surface area contributed by atoms with E-state index in [1.165, 1.54) is 0 Å². The van der Waals surface area contributed by atoms with Crippen molar-refractivity contribution in [3.63, 3.8) is 0 Å². The predicted octanol–water partition coefficient (Wildman–Crippen LogP) is 4.75. The van der Waals surface area contributed by atoms with Crippen LogP contribution in [0, 0.1) is 13.5 Å². The Labute approximate surface area is 151 Å². The third-order valence-corrected chi connectivity index (χ3v) is 4.07. The van der Waals surface area contributed by atoms with Crippen LogP contribution in [0.15, 0.2) is 14.8 Å². The molecule has 9 nitrogen and oxygen atoms in total. The molecule has 0 aromatic carbocycles. The van der Waals surface area contributed by atoms with Crippen LogP contribution in [0.3, 0.4) is 0 Å². The third-order valence-electron chi connectivity index (χ3n) is 4.07. The van der Waals surface area contributed by atoms with E-state index in [1.807, 2.05) is 11.6 Å². The van der Waals surface area contributed by atoms with Gasteiger partial charge in [0, 0.05) is 18.4 Å². The van der Waals surface area contributed by atoms with E-state index in [0.717, 1.165) is 17.2 Å². The SMILES string of the molecule is [C-]#[N+]c1c(C)noc1/N=N/c1c(C(C)(C)C)nn2nc(C(C)C)n(C)c12. The third kappa shape index (κ3) is 2.77. The molecule has 0 aliphatic heterocycles. The molecule has 0 fully saturated rings. The van der Waals surface area contributed by atoms with E-state index in [-0.39, 0.29) is 22.9 Å². The topological polar surface area (TPSA) is 90.2 Å². The molecule has 0 aliphatic rings. The van der Waals surface area contributed by atoms with Gasteiger partial charge in [-0.1, -0.05) is 39.8 Å². The van der Waals surface area contributed by atoms with Crippen molar-refractivity contribution in [3.8, 4) is 0 Å². The molecule has 136 valence electrons. The quantitative estimate of drug-likeness (QED) is 0.501. The zero-order valence-corrected chi connectivity index (χ0v) is 16.1. The summed E-state index contributed by atoms with van der Waals surface area (Å²) in [7, 11) is 1.94. The summed E-state index contributed by atoms with van der Waals surface area (Å²) in [5, 5.41) is 21.5. The molecule has 0 spiro atoms. The Kier molecular flexibility index (Phi) is 4.14. The Bertz CT molecular complexity index is 1040. The normalized spacial score (nSPS) is 12.6. The molecule has 0 saturated heterocycles. The molecule has 0 saturated carbocycles. The van der Waals surface area contributed by atoms with Crippen LogP contribution in [0.4, 0.5) is 17.3 Å². The van der Waals surface area contributed by atoms with Crippen molar-refractivity contribution in [2.45, 2.75) is 52.9 Å². The molecule has 3 heterocycles. The van der Waals surface area contributed by atoms with Gasteiger partial charge in [0.25, 0.3) is 11.6 Å². The van der Waals surface area contributed by atoms with E-state index in [0.29, 0.717) is 11.4 Å². The van der Waals surface area contributed by atoms with E-state index >= 15 is 0 Å². The molecule has 3 aromatic rings. The lowest BCUT2D eigenvalue weighted by molar-refractivity contribution is 0.423. The van der Waals surface area contributed by atoms with E-state index in [4.69, 9.17) is 11.1 Å². The number of azo groups is 1. The van der Waals surface area contributed by atoms with Gasteiger partial charge in [0.2, 0.25) is 0 Å². The van der Waals surface area contributed by atoms with Crippen LogP contribution in [-0.4, -0.2) is 24.6 Å². The molecule has 0 unspecified atom stereocenters. The van der Waals surface area contributed by atoms with Gasteiger partial charge >= 0.3 is 0 Å². The highest BCUT2D eigenvalue weighted by molar-refractivity contribution is 5.69. The monoisotopic (exact) mass is 354 g/mol. The van der Waals surface area contributed by atoms with E-state index in [2.05, 4.69) is 65.0 Å². The Morgan fingerprint density at radius 2 is 1.88 bits per heavy atom. The summed E-state index contributed by atoms with van der Waals surface area (Å²) in [6, 6.07) is 0. The molecular weight excluding hydrogens is 332 g/mol. The highest BCUT2D eigenvalue weighted by Crippen LogP contribution is 2.38. The van der Waals surface area contributed by atoms with Crippen molar-refractivity contribution in [3.05, 3.63) is 28.6 Å². The molecule has 0 amide bonds. The maximum atomic E-state index is 7.25. The Morgan fingerprint density at radius 1 is 1.19 bits per heavy atom. The van der Waals surface area contributed by atoms with Crippen LogP contribution < -0.4 is 0 Å². The first kappa shape index (κ1) is 17.8. The van der Waals surface area contributed by atoms with Crippen LogP contribution >= 0.6 is 0 Å². The Hall–Kier alpha value is -3.02. The van der Waals surface area contributed by atoms with Crippen LogP contribution in [0.2, 0.25) is 0 Å². The number of aromatic nitrogens is 5. The molecule has 0 aliphatic carbocycles. The number of nitrogens with zero attached hydrogens (tertiary/aromatic N) is 8. The van der Waals surface area contributed by atoms with Crippen molar-refractivity contribution in [2.24, 2.45) is 17.3 Å². The van der Waals surface area contributed by atoms with Crippen LogP contribution in [0.1, 0.15) is 57.7 Å². The first-order valence-corrected chi connectivity index (χ1v) is 8.36. The molecule has 0 atom stereocenters. The zero-order valence-electron chi connectivity index (χ0n) is 16.1. The van der Waals surface area contributed by atoms with Gasteiger partial charge in [-0.2, -0.15) is 5.10 Å². The fourth-order valence-electron chi connectivity index (χ4n) is 2.77. The van der Waals surface area contributed by atoms with E-state index in [9.17, 15) is 0 Å². The lowest BCUT2D eigenvalue weighted by atomic mass is 9.91. The van der Waals surface area contributed by atoms with Gasteiger partial charge in [0.15, 0.2) is 11.3 Å². The average molecular weight is 354 g/mol. The summed E-state index contributed by atoms with van der Waals surface area (Å²) in [5.41, 5.74) is 2.65. The fourth-order valence-corrected chi connectivity index (χ4v) is 2.77. The first-order chi connectivity index (χ1) is 12.1. The fraction of sp³-hybridized carbons (Fsp3) is 0.529. The number of hydrogen-bond acceptors (Lipinski definition) is 6. The summed E-state index contributed by atoms with van der Waals surface area (Å²) < 4.78 is 8.70. The van der Waals surface area contributed by atoms with Crippen LogP contribution in [0.25, 0.3) is 10.5 Å². The highest BCUT2D eigenvalue weighted by atomic mass is 16.5. The summed E-state index contributed by atoms with van der Waals surface area (Å²) in [4.78, 5) is 3.41. The van der Waals surface area contributed by atoms with Gasteiger partial charge in [-0.05, 0) is 6.92 Å². The molecule has 0 radical (unpaired) electrons. The molecule has 9 heteroatoms. The van der Waals surface area contributed by atoms with E-state index < -0.39 is 0 Å². The molecule has 0 N–H and O–H groups in total. The van der Waals surface area contributed by atoms with Crippen LogP contribution in [-0.2, 0) is 12.5 Å². The second kappa shape index (κ2) is 6.05. The number of aryl methyl sites for hydroxylation is 2. The smallest absolute Gasteiger partial charge is 0.277 e. The largest absolute Gasteiger partial charge is 0.348 e. The minimum Gasteiger partial charge on any atom is -0.348 e. The second-order valence-electron chi connectivity index (χ2n) is 7.57.